The van der Waals surface area contributed by atoms with Gasteiger partial charge in [0.15, 0.2) is 5.82 Å². The Hall–Kier alpha value is -3.07. The topological polar surface area (TPSA) is 88.9 Å². The lowest BCUT2D eigenvalue weighted by molar-refractivity contribution is -0.117. The van der Waals surface area contributed by atoms with Crippen LogP contribution in [0.1, 0.15) is 41.7 Å². The second-order valence-corrected chi connectivity index (χ2v) is 8.21. The molecule has 3 heterocycles. The van der Waals surface area contributed by atoms with Crippen LogP contribution in [0.25, 0.3) is 11.4 Å². The van der Waals surface area contributed by atoms with E-state index in [1.807, 2.05) is 4.57 Å². The van der Waals surface area contributed by atoms with Gasteiger partial charge in [-0.2, -0.15) is 0 Å². The predicted molar refractivity (Wildman–Crippen MR) is 113 cm³/mol. The van der Waals surface area contributed by atoms with Crippen molar-refractivity contribution < 1.29 is 14.0 Å². The van der Waals surface area contributed by atoms with Gasteiger partial charge in [0.05, 0.1) is 10.4 Å². The number of aryl methyl sites for hydroxylation is 1. The van der Waals surface area contributed by atoms with Gasteiger partial charge in [-0.25, -0.2) is 4.39 Å². The van der Waals surface area contributed by atoms with Crippen molar-refractivity contribution in [2.45, 2.75) is 45.2 Å². The van der Waals surface area contributed by atoms with Crippen LogP contribution in [0.3, 0.4) is 0 Å². The van der Waals surface area contributed by atoms with E-state index in [0.717, 1.165) is 38.1 Å². The van der Waals surface area contributed by atoms with Gasteiger partial charge in [-0.1, -0.05) is 12.5 Å². The SMILES string of the molecule is CC(NC(=O)c1cccs1)C(=O)Nc1ccc(F)c(-c2nnc3n2CCCCC3)c1. The van der Waals surface area contributed by atoms with Crippen molar-refractivity contribution >= 4 is 28.8 Å². The van der Waals surface area contributed by atoms with E-state index in [0.29, 0.717) is 22.0 Å². The van der Waals surface area contributed by atoms with E-state index in [1.165, 1.54) is 23.5 Å². The van der Waals surface area contributed by atoms with Crippen molar-refractivity contribution in [3.63, 3.8) is 0 Å². The fourth-order valence-electron chi connectivity index (χ4n) is 3.45. The van der Waals surface area contributed by atoms with Gasteiger partial charge in [-0.05, 0) is 49.4 Å². The fourth-order valence-corrected chi connectivity index (χ4v) is 4.08. The summed E-state index contributed by atoms with van der Waals surface area (Å²) in [5.41, 5.74) is 0.725. The molecule has 2 aromatic heterocycles. The van der Waals surface area contributed by atoms with Gasteiger partial charge in [0, 0.05) is 18.7 Å². The number of benzene rings is 1. The zero-order chi connectivity index (χ0) is 21.1. The molecule has 30 heavy (non-hydrogen) atoms. The van der Waals surface area contributed by atoms with Crippen molar-refractivity contribution in [2.75, 3.05) is 5.32 Å². The maximum Gasteiger partial charge on any atom is 0.261 e. The number of hydrogen-bond donors (Lipinski definition) is 2. The summed E-state index contributed by atoms with van der Waals surface area (Å²) in [5.74, 6) is 0.212. The molecule has 0 radical (unpaired) electrons. The third-order valence-electron chi connectivity index (χ3n) is 5.07. The number of anilines is 1. The summed E-state index contributed by atoms with van der Waals surface area (Å²) in [6, 6.07) is 7.07. The number of amides is 2. The van der Waals surface area contributed by atoms with Crippen molar-refractivity contribution in [3.8, 4) is 11.4 Å². The highest BCUT2D eigenvalue weighted by molar-refractivity contribution is 7.12. The highest BCUT2D eigenvalue weighted by Gasteiger charge is 2.21. The summed E-state index contributed by atoms with van der Waals surface area (Å²) in [6.45, 7) is 2.35. The summed E-state index contributed by atoms with van der Waals surface area (Å²) in [6.07, 6.45) is 3.98. The standard InChI is InChI=1S/C21H22FN5O2S/c1-13(23-21(29)17-6-5-11-30-17)20(28)24-14-8-9-16(22)15(12-14)19-26-25-18-7-3-2-4-10-27(18)19/h5-6,8-9,11-13H,2-4,7,10H2,1H3,(H,23,29)(H,24,28). The Morgan fingerprint density at radius 3 is 2.87 bits per heavy atom. The van der Waals surface area contributed by atoms with E-state index in [9.17, 15) is 14.0 Å². The second kappa shape index (κ2) is 8.74. The minimum atomic E-state index is -0.752. The number of aromatic nitrogens is 3. The van der Waals surface area contributed by atoms with Gasteiger partial charge < -0.3 is 15.2 Å². The zero-order valence-corrected chi connectivity index (χ0v) is 17.3. The molecular formula is C21H22FN5O2S. The summed E-state index contributed by atoms with van der Waals surface area (Å²) in [4.78, 5) is 25.2. The molecule has 1 aromatic carbocycles. The molecule has 7 nitrogen and oxygen atoms in total. The van der Waals surface area contributed by atoms with Crippen molar-refractivity contribution in [2.24, 2.45) is 0 Å². The molecule has 1 aliphatic rings. The van der Waals surface area contributed by atoms with E-state index in [-0.39, 0.29) is 5.91 Å². The Kier molecular flexibility index (Phi) is 5.89. The Balaban J connectivity index is 1.50. The number of fused-ring (bicyclic) bond motifs is 1. The first-order valence-corrected chi connectivity index (χ1v) is 10.8. The molecule has 0 spiro atoms. The highest BCUT2D eigenvalue weighted by atomic mass is 32.1. The Morgan fingerprint density at radius 2 is 2.07 bits per heavy atom. The Morgan fingerprint density at radius 1 is 1.20 bits per heavy atom. The lowest BCUT2D eigenvalue weighted by atomic mass is 10.1. The van der Waals surface area contributed by atoms with E-state index in [4.69, 9.17) is 0 Å². The summed E-state index contributed by atoms with van der Waals surface area (Å²) < 4.78 is 16.5. The number of nitrogens with zero attached hydrogens (tertiary/aromatic N) is 3. The first kappa shape index (κ1) is 20.2. The monoisotopic (exact) mass is 427 g/mol. The van der Waals surface area contributed by atoms with Crippen LogP contribution in [0.5, 0.6) is 0 Å². The molecule has 0 saturated heterocycles. The maximum absolute atomic E-state index is 14.6. The zero-order valence-electron chi connectivity index (χ0n) is 16.5. The maximum atomic E-state index is 14.6. The lowest BCUT2D eigenvalue weighted by Gasteiger charge is -2.15. The second-order valence-electron chi connectivity index (χ2n) is 7.26. The van der Waals surface area contributed by atoms with Gasteiger partial charge in [0.2, 0.25) is 5.91 Å². The van der Waals surface area contributed by atoms with Gasteiger partial charge in [-0.3, -0.25) is 9.59 Å². The van der Waals surface area contributed by atoms with Crippen LogP contribution in [0.4, 0.5) is 10.1 Å². The van der Waals surface area contributed by atoms with Crippen LogP contribution in [-0.2, 0) is 17.8 Å². The van der Waals surface area contributed by atoms with E-state index < -0.39 is 17.8 Å². The van der Waals surface area contributed by atoms with E-state index in [2.05, 4.69) is 20.8 Å². The summed E-state index contributed by atoms with van der Waals surface area (Å²) in [7, 11) is 0. The Labute approximate surface area is 177 Å². The number of nitrogens with one attached hydrogen (secondary N) is 2. The third-order valence-corrected chi connectivity index (χ3v) is 5.94. The van der Waals surface area contributed by atoms with Gasteiger partial charge in [-0.15, -0.1) is 21.5 Å². The van der Waals surface area contributed by atoms with Crippen LogP contribution in [0.15, 0.2) is 35.7 Å². The van der Waals surface area contributed by atoms with Crippen LogP contribution < -0.4 is 10.6 Å². The molecule has 9 heteroatoms. The van der Waals surface area contributed by atoms with Crippen LogP contribution in [0, 0.1) is 5.82 Å². The number of halogens is 1. The number of hydrogen-bond acceptors (Lipinski definition) is 5. The average Bonchev–Trinajstić information content (AvgIpc) is 3.35. The molecule has 1 unspecified atom stereocenters. The molecule has 0 saturated carbocycles. The van der Waals surface area contributed by atoms with E-state index >= 15 is 0 Å². The number of rotatable bonds is 5. The first-order valence-electron chi connectivity index (χ1n) is 9.90. The minimum absolute atomic E-state index is 0.295. The lowest BCUT2D eigenvalue weighted by Crippen LogP contribution is -2.41. The molecule has 1 aliphatic heterocycles. The molecule has 1 atom stereocenters. The molecule has 0 bridgehead atoms. The van der Waals surface area contributed by atoms with Crippen molar-refractivity contribution in [1.82, 2.24) is 20.1 Å². The smallest absolute Gasteiger partial charge is 0.261 e. The van der Waals surface area contributed by atoms with Crippen LogP contribution >= 0.6 is 11.3 Å². The number of carbonyl (C=O) groups is 2. The minimum Gasteiger partial charge on any atom is -0.340 e. The molecule has 0 fully saturated rings. The largest absolute Gasteiger partial charge is 0.340 e. The van der Waals surface area contributed by atoms with Crippen LogP contribution in [0.2, 0.25) is 0 Å². The normalized spacial score (nSPS) is 14.5. The summed E-state index contributed by atoms with van der Waals surface area (Å²) in [5, 5.41) is 15.6. The van der Waals surface area contributed by atoms with Crippen molar-refractivity contribution in [1.29, 1.82) is 0 Å². The van der Waals surface area contributed by atoms with Crippen LogP contribution in [-0.4, -0.2) is 32.6 Å². The highest BCUT2D eigenvalue weighted by Crippen LogP contribution is 2.27. The van der Waals surface area contributed by atoms with Gasteiger partial charge >= 0.3 is 0 Å². The van der Waals surface area contributed by atoms with Gasteiger partial charge in [0.1, 0.15) is 17.7 Å². The van der Waals surface area contributed by atoms with Gasteiger partial charge in [0.25, 0.3) is 5.91 Å². The van der Waals surface area contributed by atoms with Crippen molar-refractivity contribution in [3.05, 3.63) is 52.2 Å². The van der Waals surface area contributed by atoms with E-state index in [1.54, 1.807) is 30.5 Å². The molecule has 0 aliphatic carbocycles. The predicted octanol–water partition coefficient (Wildman–Crippen LogP) is 3.63. The average molecular weight is 428 g/mol. The molecule has 4 rings (SSSR count). The number of carbonyl (C=O) groups excluding carboxylic acids is 2. The fraction of sp³-hybridized carbons (Fsp3) is 0.333. The molecule has 2 N–H and O–H groups in total. The molecular weight excluding hydrogens is 405 g/mol. The Bertz CT molecular complexity index is 1060. The molecule has 156 valence electrons. The third kappa shape index (κ3) is 4.25. The summed E-state index contributed by atoms with van der Waals surface area (Å²) >= 11 is 1.30. The number of thiophene rings is 1. The quantitative estimate of drug-likeness (QED) is 0.651. The molecule has 2 amide bonds. The molecule has 3 aromatic rings. The first-order chi connectivity index (χ1) is 14.5.